The van der Waals surface area contributed by atoms with Crippen molar-refractivity contribution in [2.45, 2.75) is 66.5 Å². The summed E-state index contributed by atoms with van der Waals surface area (Å²) in [5.74, 6) is -2.10. The van der Waals surface area contributed by atoms with E-state index in [2.05, 4.69) is 5.32 Å². The third-order valence-electron chi connectivity index (χ3n) is 4.76. The summed E-state index contributed by atoms with van der Waals surface area (Å²) in [7, 11) is 0. The molecule has 1 aromatic heterocycles. The van der Waals surface area contributed by atoms with E-state index in [1.165, 1.54) is 13.0 Å². The maximum Gasteiger partial charge on any atom is 0.329 e. The molecule has 6 nitrogen and oxygen atoms in total. The second kappa shape index (κ2) is 7.64. The number of nitrogens with zero attached hydrogens (tertiary/aromatic N) is 1. The Hall–Kier alpha value is -2.11. The van der Waals surface area contributed by atoms with Crippen LogP contribution in [-0.4, -0.2) is 27.1 Å². The largest absolute Gasteiger partial charge is 0.480 e. The van der Waals surface area contributed by atoms with Crippen molar-refractivity contribution in [2.75, 3.05) is 0 Å². The summed E-state index contributed by atoms with van der Waals surface area (Å²) in [6, 6.07) is 1.54. The number of carboxylic acids is 1. The summed E-state index contributed by atoms with van der Waals surface area (Å²) in [5.41, 5.74) is -0.161. The number of rotatable bonds is 7. The fraction of sp³-hybridized carbons (Fsp3) is 0.611. The molecule has 0 aliphatic carbocycles. The number of hydrogen-bond donors (Lipinski definition) is 2. The van der Waals surface area contributed by atoms with E-state index in [0.717, 1.165) is 24.1 Å². The second-order valence-corrected chi connectivity index (χ2v) is 6.75. The maximum atomic E-state index is 12.7. The Morgan fingerprint density at radius 1 is 1.33 bits per heavy atom. The van der Waals surface area contributed by atoms with Crippen molar-refractivity contribution in [1.82, 2.24) is 9.88 Å². The fourth-order valence-electron chi connectivity index (χ4n) is 2.39. The number of carboxylic acid groups (broad SMARTS) is 1. The van der Waals surface area contributed by atoms with Crippen LogP contribution in [0.1, 0.15) is 62.2 Å². The van der Waals surface area contributed by atoms with Crippen LogP contribution in [0.5, 0.6) is 0 Å². The molecule has 6 heteroatoms. The Morgan fingerprint density at radius 2 is 1.92 bits per heavy atom. The first-order chi connectivity index (χ1) is 11.1. The molecule has 0 aromatic carbocycles. The Balaban J connectivity index is 3.32. The first-order valence-electron chi connectivity index (χ1n) is 8.33. The number of amides is 1. The van der Waals surface area contributed by atoms with Crippen molar-refractivity contribution >= 4 is 11.9 Å². The summed E-state index contributed by atoms with van der Waals surface area (Å²) in [4.78, 5) is 36.8. The van der Waals surface area contributed by atoms with E-state index in [1.54, 1.807) is 18.4 Å². The first kappa shape index (κ1) is 19.9. The van der Waals surface area contributed by atoms with Gasteiger partial charge in [0.15, 0.2) is 0 Å². The Kier molecular flexibility index (Phi) is 6.35. The van der Waals surface area contributed by atoms with Gasteiger partial charge in [-0.05, 0) is 44.7 Å². The van der Waals surface area contributed by atoms with Gasteiger partial charge in [0.25, 0.3) is 11.5 Å². The smallest absolute Gasteiger partial charge is 0.329 e. The van der Waals surface area contributed by atoms with Crippen LogP contribution in [0, 0.1) is 19.8 Å². The molecule has 0 aliphatic heterocycles. The van der Waals surface area contributed by atoms with Crippen LogP contribution < -0.4 is 10.9 Å². The van der Waals surface area contributed by atoms with Crippen LogP contribution in [0.4, 0.5) is 0 Å². The third-order valence-corrected chi connectivity index (χ3v) is 4.76. The molecule has 0 saturated carbocycles. The monoisotopic (exact) mass is 336 g/mol. The maximum absolute atomic E-state index is 12.7. The van der Waals surface area contributed by atoms with Gasteiger partial charge in [-0.25, -0.2) is 4.79 Å². The molecule has 1 amide bonds. The van der Waals surface area contributed by atoms with Crippen molar-refractivity contribution < 1.29 is 14.7 Å². The topological polar surface area (TPSA) is 88.4 Å². The zero-order valence-corrected chi connectivity index (χ0v) is 15.4. The number of hydrogen-bond acceptors (Lipinski definition) is 3. The van der Waals surface area contributed by atoms with Crippen LogP contribution in [0.3, 0.4) is 0 Å². The number of aliphatic carboxylic acids is 1. The van der Waals surface area contributed by atoms with Gasteiger partial charge < -0.3 is 15.0 Å². The van der Waals surface area contributed by atoms with Gasteiger partial charge in [0.1, 0.15) is 11.1 Å². The predicted molar refractivity (Wildman–Crippen MR) is 93.4 cm³/mol. The lowest BCUT2D eigenvalue weighted by molar-refractivity contribution is -0.145. The molecule has 1 aromatic rings. The Bertz CT molecular complexity index is 691. The zero-order chi connectivity index (χ0) is 18.7. The van der Waals surface area contributed by atoms with E-state index in [0.29, 0.717) is 6.54 Å². The lowest BCUT2D eigenvalue weighted by atomic mass is 9.88. The Morgan fingerprint density at radius 3 is 2.38 bits per heavy atom. The number of aryl methyl sites for hydroxylation is 1. The van der Waals surface area contributed by atoms with E-state index in [9.17, 15) is 19.5 Å². The summed E-state index contributed by atoms with van der Waals surface area (Å²) in [6.07, 6.45) is 1.77. The van der Waals surface area contributed by atoms with Crippen molar-refractivity contribution in [3.63, 3.8) is 0 Å². The van der Waals surface area contributed by atoms with Gasteiger partial charge in [0, 0.05) is 12.2 Å². The minimum atomic E-state index is -1.43. The Labute approximate surface area is 142 Å². The van der Waals surface area contributed by atoms with Gasteiger partial charge in [-0.2, -0.15) is 0 Å². The van der Waals surface area contributed by atoms with Gasteiger partial charge >= 0.3 is 5.97 Å². The molecule has 1 atom stereocenters. The van der Waals surface area contributed by atoms with Crippen molar-refractivity contribution in [1.29, 1.82) is 0 Å². The van der Waals surface area contributed by atoms with Gasteiger partial charge in [0.05, 0.1) is 0 Å². The lowest BCUT2D eigenvalue weighted by Gasteiger charge is -2.30. The summed E-state index contributed by atoms with van der Waals surface area (Å²) in [5, 5.41) is 12.0. The molecule has 134 valence electrons. The molecular weight excluding hydrogens is 308 g/mol. The van der Waals surface area contributed by atoms with E-state index in [4.69, 9.17) is 0 Å². The van der Waals surface area contributed by atoms with Gasteiger partial charge in [-0.1, -0.05) is 27.2 Å². The van der Waals surface area contributed by atoms with E-state index < -0.39 is 17.4 Å². The van der Waals surface area contributed by atoms with E-state index in [1.807, 2.05) is 20.8 Å². The molecular formula is C18H28N2O4. The SMILES string of the molecule is CCCCn1c(C)c(C)cc(C(=O)NC(C)(C(=O)O)C(C)C)c1=O. The quantitative estimate of drug-likeness (QED) is 0.801. The molecule has 0 radical (unpaired) electrons. The van der Waals surface area contributed by atoms with Gasteiger partial charge in [-0.15, -0.1) is 0 Å². The second-order valence-electron chi connectivity index (χ2n) is 6.75. The van der Waals surface area contributed by atoms with E-state index >= 15 is 0 Å². The lowest BCUT2D eigenvalue weighted by Crippen LogP contribution is -2.56. The van der Waals surface area contributed by atoms with Crippen LogP contribution in [0.15, 0.2) is 10.9 Å². The highest BCUT2D eigenvalue weighted by Crippen LogP contribution is 2.18. The van der Waals surface area contributed by atoms with Gasteiger partial charge in [0.2, 0.25) is 0 Å². The molecule has 1 rings (SSSR count). The number of unbranched alkanes of at least 4 members (excludes halogenated alkanes) is 1. The average Bonchev–Trinajstić information content (AvgIpc) is 2.50. The average molecular weight is 336 g/mol. The fourth-order valence-corrected chi connectivity index (χ4v) is 2.39. The highest BCUT2D eigenvalue weighted by Gasteiger charge is 2.38. The molecule has 0 fully saturated rings. The predicted octanol–water partition coefficient (Wildman–Crippen LogP) is 2.49. The van der Waals surface area contributed by atoms with Crippen LogP contribution in [0.25, 0.3) is 0 Å². The number of nitrogens with one attached hydrogen (secondary N) is 1. The number of pyridine rings is 1. The van der Waals surface area contributed by atoms with Crippen LogP contribution in [0.2, 0.25) is 0 Å². The standard InChI is InChI=1S/C18H28N2O4/c1-7-8-9-20-13(5)12(4)10-14(16(20)22)15(21)19-18(6,11(2)3)17(23)24/h10-11H,7-9H2,1-6H3,(H,19,21)(H,23,24). The first-order valence-corrected chi connectivity index (χ1v) is 8.33. The number of aromatic nitrogens is 1. The molecule has 0 saturated heterocycles. The molecule has 0 aliphatic rings. The van der Waals surface area contributed by atoms with Crippen molar-refractivity contribution in [3.8, 4) is 0 Å². The van der Waals surface area contributed by atoms with Crippen molar-refractivity contribution in [3.05, 3.63) is 33.2 Å². The van der Waals surface area contributed by atoms with Gasteiger partial charge in [-0.3, -0.25) is 9.59 Å². The summed E-state index contributed by atoms with van der Waals surface area (Å²) >= 11 is 0. The molecule has 1 unspecified atom stereocenters. The normalized spacial score (nSPS) is 13.6. The summed E-state index contributed by atoms with van der Waals surface area (Å²) in [6.45, 7) is 11.2. The molecule has 0 spiro atoms. The van der Waals surface area contributed by atoms with E-state index in [-0.39, 0.29) is 17.0 Å². The minimum absolute atomic E-state index is 0.0117. The summed E-state index contributed by atoms with van der Waals surface area (Å²) < 4.78 is 1.60. The highest BCUT2D eigenvalue weighted by molar-refractivity contribution is 5.97. The molecule has 24 heavy (non-hydrogen) atoms. The highest BCUT2D eigenvalue weighted by atomic mass is 16.4. The van der Waals surface area contributed by atoms with Crippen molar-refractivity contribution in [2.24, 2.45) is 5.92 Å². The van der Waals surface area contributed by atoms with Crippen LogP contribution in [-0.2, 0) is 11.3 Å². The third kappa shape index (κ3) is 3.86. The molecule has 2 N–H and O–H groups in total. The van der Waals surface area contributed by atoms with Crippen LogP contribution >= 0.6 is 0 Å². The molecule has 1 heterocycles. The number of carbonyl (C=O) groups is 2. The number of carbonyl (C=O) groups excluding carboxylic acids is 1. The molecule has 0 bridgehead atoms. The minimum Gasteiger partial charge on any atom is -0.480 e. The zero-order valence-electron chi connectivity index (χ0n) is 15.4.